The molecule has 154 valence electrons. The Morgan fingerprint density at radius 2 is 1.48 bits per heavy atom. The lowest BCUT2D eigenvalue weighted by molar-refractivity contribution is -0.0964. The second-order valence-corrected chi connectivity index (χ2v) is 9.46. The summed E-state index contributed by atoms with van der Waals surface area (Å²) in [4.78, 5) is 2.82. The van der Waals surface area contributed by atoms with Crippen molar-refractivity contribution in [3.05, 3.63) is 71.8 Å². The molecule has 3 aliphatic rings. The predicted octanol–water partition coefficient (Wildman–Crippen LogP) is 6.17. The van der Waals surface area contributed by atoms with Gasteiger partial charge in [-0.3, -0.25) is 4.90 Å². The second-order valence-electron chi connectivity index (χ2n) is 9.46. The number of hydrogen-bond acceptors (Lipinski definition) is 2. The lowest BCUT2D eigenvalue weighted by Gasteiger charge is -2.42. The maximum atomic E-state index is 6.86. The van der Waals surface area contributed by atoms with Crippen LogP contribution in [0, 0.1) is 5.92 Å². The fourth-order valence-corrected chi connectivity index (χ4v) is 5.87. The molecule has 0 N–H and O–H groups in total. The molecule has 3 fully saturated rings. The molecule has 2 heteroatoms. The van der Waals surface area contributed by atoms with E-state index < -0.39 is 0 Å². The minimum atomic E-state index is 0.319. The Morgan fingerprint density at radius 3 is 2.10 bits per heavy atom. The van der Waals surface area contributed by atoms with Crippen molar-refractivity contribution in [2.75, 3.05) is 6.54 Å². The van der Waals surface area contributed by atoms with Gasteiger partial charge in [-0.05, 0) is 75.0 Å². The molecule has 1 aliphatic carbocycles. The van der Waals surface area contributed by atoms with Crippen LogP contribution in [0.25, 0.3) is 0 Å². The number of rotatable bonds is 8. The highest BCUT2D eigenvalue weighted by molar-refractivity contribution is 5.19. The summed E-state index contributed by atoms with van der Waals surface area (Å²) in [5.74, 6) is 0.735. The van der Waals surface area contributed by atoms with Gasteiger partial charge in [0.1, 0.15) is 0 Å². The van der Waals surface area contributed by atoms with Crippen LogP contribution in [-0.2, 0) is 11.2 Å². The smallest absolute Gasteiger partial charge is 0.0856 e. The average Bonchev–Trinajstić information content (AvgIpc) is 2.96. The number of nitrogens with zero attached hydrogens (tertiary/aromatic N) is 1. The lowest BCUT2D eigenvalue weighted by Crippen LogP contribution is -2.46. The number of benzene rings is 2. The Labute approximate surface area is 176 Å². The first-order chi connectivity index (χ1) is 14.4. The molecule has 2 nitrogen and oxygen atoms in total. The molecule has 2 aromatic rings. The predicted molar refractivity (Wildman–Crippen MR) is 119 cm³/mol. The zero-order valence-electron chi connectivity index (χ0n) is 17.6. The van der Waals surface area contributed by atoms with Gasteiger partial charge in [-0.15, -0.1) is 0 Å². The van der Waals surface area contributed by atoms with E-state index in [4.69, 9.17) is 4.74 Å². The SMILES string of the molecule is c1ccc(CCCN2[C@@H]3CC[C@H]2CC(OC(c2ccccc2)C2CCC2)C3)cc1. The van der Waals surface area contributed by atoms with Crippen LogP contribution in [0.5, 0.6) is 0 Å². The maximum Gasteiger partial charge on any atom is 0.0856 e. The van der Waals surface area contributed by atoms with Crippen LogP contribution in [0.15, 0.2) is 60.7 Å². The molecular weight excluding hydrogens is 354 g/mol. The van der Waals surface area contributed by atoms with Crippen LogP contribution in [0.4, 0.5) is 0 Å². The summed E-state index contributed by atoms with van der Waals surface area (Å²) in [5.41, 5.74) is 2.87. The topological polar surface area (TPSA) is 12.5 Å². The van der Waals surface area contributed by atoms with Crippen LogP contribution >= 0.6 is 0 Å². The zero-order chi connectivity index (χ0) is 19.5. The van der Waals surface area contributed by atoms with Gasteiger partial charge in [0.2, 0.25) is 0 Å². The van der Waals surface area contributed by atoms with Crippen LogP contribution < -0.4 is 0 Å². The minimum absolute atomic E-state index is 0.319. The standard InChI is InChI=1S/C27H35NO/c1-3-9-21(10-4-1)11-8-18-28-24-16-17-25(28)20-26(19-24)29-27(23-14-7-15-23)22-12-5-2-6-13-22/h1-6,9-10,12-13,23-27H,7-8,11,14-20H2/t24-,25+,26?,27?. The molecule has 2 aliphatic heterocycles. The third kappa shape index (κ3) is 4.44. The van der Waals surface area contributed by atoms with E-state index in [-0.39, 0.29) is 0 Å². The van der Waals surface area contributed by atoms with Crippen molar-refractivity contribution in [1.29, 1.82) is 0 Å². The van der Waals surface area contributed by atoms with E-state index in [1.54, 1.807) is 0 Å². The van der Waals surface area contributed by atoms with Gasteiger partial charge in [-0.1, -0.05) is 67.1 Å². The van der Waals surface area contributed by atoms with E-state index in [2.05, 4.69) is 65.6 Å². The van der Waals surface area contributed by atoms with E-state index in [1.807, 2.05) is 0 Å². The van der Waals surface area contributed by atoms with Crippen molar-refractivity contribution in [1.82, 2.24) is 4.90 Å². The quantitative estimate of drug-likeness (QED) is 0.535. The normalized spacial score (nSPS) is 28.2. The molecule has 5 rings (SSSR count). The van der Waals surface area contributed by atoms with Crippen LogP contribution in [0.3, 0.4) is 0 Å². The number of fused-ring (bicyclic) bond motifs is 2. The molecule has 0 amide bonds. The fraction of sp³-hybridized carbons (Fsp3) is 0.556. The van der Waals surface area contributed by atoms with E-state index in [0.29, 0.717) is 12.2 Å². The third-order valence-corrected chi connectivity index (χ3v) is 7.61. The number of hydrogen-bond donors (Lipinski definition) is 0. The summed E-state index contributed by atoms with van der Waals surface area (Å²) in [6.45, 7) is 1.25. The Hall–Kier alpha value is -1.64. The Bertz CT molecular complexity index is 743. The molecule has 2 bridgehead atoms. The summed E-state index contributed by atoms with van der Waals surface area (Å²) >= 11 is 0. The highest BCUT2D eigenvalue weighted by atomic mass is 16.5. The molecule has 2 saturated heterocycles. The summed E-state index contributed by atoms with van der Waals surface area (Å²) < 4.78 is 6.86. The van der Waals surface area contributed by atoms with Crippen molar-refractivity contribution in [3.8, 4) is 0 Å². The first kappa shape index (κ1) is 19.3. The molecule has 4 atom stereocenters. The zero-order valence-corrected chi connectivity index (χ0v) is 17.6. The highest BCUT2D eigenvalue weighted by Gasteiger charge is 2.42. The molecule has 0 spiro atoms. The Kier molecular flexibility index (Phi) is 6.01. The third-order valence-electron chi connectivity index (χ3n) is 7.61. The minimum Gasteiger partial charge on any atom is -0.370 e. The number of ether oxygens (including phenoxy) is 1. The molecule has 0 aromatic heterocycles. The van der Waals surface area contributed by atoms with Gasteiger partial charge in [-0.25, -0.2) is 0 Å². The summed E-state index contributed by atoms with van der Waals surface area (Å²) in [6.07, 6.45) is 12.5. The van der Waals surface area contributed by atoms with Gasteiger partial charge in [0.25, 0.3) is 0 Å². The first-order valence-corrected chi connectivity index (χ1v) is 11.9. The molecule has 29 heavy (non-hydrogen) atoms. The maximum absolute atomic E-state index is 6.86. The van der Waals surface area contributed by atoms with Crippen LogP contribution in [0.1, 0.15) is 68.6 Å². The van der Waals surface area contributed by atoms with E-state index in [9.17, 15) is 0 Å². The van der Waals surface area contributed by atoms with Crippen molar-refractivity contribution in [2.45, 2.75) is 82.1 Å². The second kappa shape index (κ2) is 9.02. The van der Waals surface area contributed by atoms with Crippen molar-refractivity contribution in [2.24, 2.45) is 5.92 Å². The Balaban J connectivity index is 1.17. The molecular formula is C27H35NO. The molecule has 2 aromatic carbocycles. The summed E-state index contributed by atoms with van der Waals surface area (Å²) in [5, 5.41) is 0. The van der Waals surface area contributed by atoms with E-state index in [1.165, 1.54) is 75.5 Å². The van der Waals surface area contributed by atoms with Gasteiger partial charge in [0.15, 0.2) is 0 Å². The van der Waals surface area contributed by atoms with Crippen molar-refractivity contribution < 1.29 is 4.74 Å². The van der Waals surface area contributed by atoms with Gasteiger partial charge in [0.05, 0.1) is 12.2 Å². The van der Waals surface area contributed by atoms with Crippen molar-refractivity contribution in [3.63, 3.8) is 0 Å². The fourth-order valence-electron chi connectivity index (χ4n) is 5.87. The van der Waals surface area contributed by atoms with Gasteiger partial charge < -0.3 is 4.74 Å². The number of piperidine rings is 1. The van der Waals surface area contributed by atoms with Crippen LogP contribution in [0.2, 0.25) is 0 Å². The molecule has 2 unspecified atom stereocenters. The van der Waals surface area contributed by atoms with Gasteiger partial charge in [-0.2, -0.15) is 0 Å². The number of aryl methyl sites for hydroxylation is 1. The Morgan fingerprint density at radius 1 is 0.828 bits per heavy atom. The van der Waals surface area contributed by atoms with Gasteiger partial charge >= 0.3 is 0 Å². The van der Waals surface area contributed by atoms with Crippen LogP contribution in [-0.4, -0.2) is 29.6 Å². The lowest BCUT2D eigenvalue weighted by atomic mass is 9.78. The van der Waals surface area contributed by atoms with Gasteiger partial charge in [0, 0.05) is 12.1 Å². The van der Waals surface area contributed by atoms with E-state index in [0.717, 1.165) is 18.0 Å². The summed E-state index contributed by atoms with van der Waals surface area (Å²) in [7, 11) is 0. The van der Waals surface area contributed by atoms with E-state index >= 15 is 0 Å². The molecule has 2 heterocycles. The monoisotopic (exact) mass is 389 g/mol. The average molecular weight is 390 g/mol. The summed E-state index contributed by atoms with van der Waals surface area (Å²) in [6, 6.07) is 23.5. The molecule has 1 saturated carbocycles. The highest BCUT2D eigenvalue weighted by Crippen LogP contribution is 2.44. The largest absolute Gasteiger partial charge is 0.370 e. The van der Waals surface area contributed by atoms with Crippen molar-refractivity contribution >= 4 is 0 Å². The molecule has 0 radical (unpaired) electrons. The first-order valence-electron chi connectivity index (χ1n) is 11.9.